The van der Waals surface area contributed by atoms with E-state index in [2.05, 4.69) is 4.90 Å². The van der Waals surface area contributed by atoms with Gasteiger partial charge in [-0.05, 0) is 12.1 Å². The molecule has 1 aliphatic heterocycles. The minimum Gasteiger partial charge on any atom is -0.493 e. The van der Waals surface area contributed by atoms with Crippen molar-refractivity contribution in [3.63, 3.8) is 0 Å². The van der Waals surface area contributed by atoms with Gasteiger partial charge >= 0.3 is 0 Å². The normalized spacial score (nSPS) is 17.4. The Morgan fingerprint density at radius 1 is 1.09 bits per heavy atom. The van der Waals surface area contributed by atoms with Gasteiger partial charge in [-0.3, -0.25) is 4.90 Å². The van der Waals surface area contributed by atoms with E-state index in [1.807, 2.05) is 0 Å². The van der Waals surface area contributed by atoms with Gasteiger partial charge in [0.05, 0.1) is 19.1 Å². The van der Waals surface area contributed by atoms with Gasteiger partial charge in [0.15, 0.2) is 11.5 Å². The van der Waals surface area contributed by atoms with Gasteiger partial charge in [0.2, 0.25) is 10.0 Å². The minimum atomic E-state index is -3.52. The predicted octanol–water partition coefficient (Wildman–Crippen LogP) is 1.25. The average molecular weight is 349 g/mol. The van der Waals surface area contributed by atoms with Gasteiger partial charge in [-0.25, -0.2) is 8.42 Å². The highest BCUT2D eigenvalue weighted by molar-refractivity contribution is 7.89. The zero-order chi connectivity index (χ0) is 16.2. The summed E-state index contributed by atoms with van der Waals surface area (Å²) in [5.74, 6) is 1.47. The van der Waals surface area contributed by atoms with Crippen LogP contribution in [0.5, 0.6) is 11.5 Å². The van der Waals surface area contributed by atoms with Crippen molar-refractivity contribution >= 4 is 21.6 Å². The zero-order valence-corrected chi connectivity index (χ0v) is 14.4. The Morgan fingerprint density at radius 3 is 2.27 bits per heavy atom. The van der Waals surface area contributed by atoms with E-state index in [0.29, 0.717) is 43.6 Å². The molecule has 124 valence electrons. The summed E-state index contributed by atoms with van der Waals surface area (Å²) >= 11 is 5.72. The number of benzene rings is 1. The van der Waals surface area contributed by atoms with Crippen LogP contribution in [0.25, 0.3) is 0 Å². The Kier molecular flexibility index (Phi) is 5.91. The molecule has 0 spiro atoms. The summed E-state index contributed by atoms with van der Waals surface area (Å²) in [6.45, 7) is 3.10. The summed E-state index contributed by atoms with van der Waals surface area (Å²) in [5.41, 5.74) is 0. The van der Waals surface area contributed by atoms with Crippen molar-refractivity contribution in [3.8, 4) is 11.5 Å². The number of piperazine rings is 1. The molecule has 0 amide bonds. The molecule has 6 nitrogen and oxygen atoms in total. The number of sulfonamides is 1. The van der Waals surface area contributed by atoms with Gasteiger partial charge in [-0.1, -0.05) is 0 Å². The molecule has 1 saturated heterocycles. The van der Waals surface area contributed by atoms with Crippen LogP contribution in [0.3, 0.4) is 0 Å². The molecule has 0 radical (unpaired) electrons. The van der Waals surface area contributed by atoms with Crippen LogP contribution in [-0.2, 0) is 10.0 Å². The van der Waals surface area contributed by atoms with Crippen molar-refractivity contribution in [1.29, 1.82) is 0 Å². The lowest BCUT2D eigenvalue weighted by atomic mass is 10.3. The first-order valence-corrected chi connectivity index (χ1v) is 9.01. The number of alkyl halides is 1. The van der Waals surface area contributed by atoms with Gasteiger partial charge in [0, 0.05) is 44.7 Å². The molecule has 2 rings (SSSR count). The lowest BCUT2D eigenvalue weighted by Crippen LogP contribution is -2.48. The number of rotatable bonds is 6. The fraction of sp³-hybridized carbons (Fsp3) is 0.571. The Hall–Kier alpha value is -1.02. The second kappa shape index (κ2) is 7.50. The van der Waals surface area contributed by atoms with Crippen molar-refractivity contribution in [3.05, 3.63) is 18.2 Å². The van der Waals surface area contributed by atoms with Crippen LogP contribution in [0.1, 0.15) is 0 Å². The van der Waals surface area contributed by atoms with E-state index in [-0.39, 0.29) is 4.90 Å². The summed E-state index contributed by atoms with van der Waals surface area (Å²) in [4.78, 5) is 2.38. The lowest BCUT2D eigenvalue weighted by molar-refractivity contribution is 0.197. The predicted molar refractivity (Wildman–Crippen MR) is 85.5 cm³/mol. The molecule has 0 aliphatic carbocycles. The molecule has 1 fully saturated rings. The van der Waals surface area contributed by atoms with Crippen molar-refractivity contribution in [2.24, 2.45) is 0 Å². The molecular weight excluding hydrogens is 328 g/mol. The highest BCUT2D eigenvalue weighted by Crippen LogP contribution is 2.30. The van der Waals surface area contributed by atoms with Gasteiger partial charge in [-0.2, -0.15) is 4.31 Å². The number of ether oxygens (including phenoxy) is 2. The van der Waals surface area contributed by atoms with E-state index >= 15 is 0 Å². The number of methoxy groups -OCH3 is 2. The van der Waals surface area contributed by atoms with Crippen LogP contribution < -0.4 is 9.47 Å². The first-order valence-electron chi connectivity index (χ1n) is 7.03. The van der Waals surface area contributed by atoms with Gasteiger partial charge in [0.25, 0.3) is 0 Å². The summed E-state index contributed by atoms with van der Waals surface area (Å²) in [6.07, 6.45) is 0. The third-order valence-corrected chi connectivity index (χ3v) is 5.79. The molecular formula is C14H21ClN2O4S. The molecule has 0 N–H and O–H groups in total. The Bertz CT molecular complexity index is 601. The van der Waals surface area contributed by atoms with Crippen LogP contribution in [0.15, 0.2) is 23.1 Å². The fourth-order valence-electron chi connectivity index (χ4n) is 2.44. The quantitative estimate of drug-likeness (QED) is 0.724. The Labute approximate surface area is 136 Å². The second-order valence-electron chi connectivity index (χ2n) is 4.95. The van der Waals surface area contributed by atoms with Crippen LogP contribution in [0, 0.1) is 0 Å². The molecule has 22 heavy (non-hydrogen) atoms. The van der Waals surface area contributed by atoms with E-state index in [4.69, 9.17) is 21.1 Å². The third kappa shape index (κ3) is 3.65. The minimum absolute atomic E-state index is 0.218. The summed E-state index contributed by atoms with van der Waals surface area (Å²) in [5, 5.41) is 0. The van der Waals surface area contributed by atoms with Gasteiger partial charge in [0.1, 0.15) is 0 Å². The summed E-state index contributed by atoms with van der Waals surface area (Å²) < 4.78 is 37.2. The molecule has 0 atom stereocenters. The van der Waals surface area contributed by atoms with Crippen LogP contribution in [0.2, 0.25) is 0 Å². The molecule has 0 bridgehead atoms. The molecule has 1 aromatic rings. The molecule has 1 aliphatic rings. The Balaban J connectivity index is 2.17. The van der Waals surface area contributed by atoms with Gasteiger partial charge < -0.3 is 9.47 Å². The second-order valence-corrected chi connectivity index (χ2v) is 7.27. The standard InChI is InChI=1S/C14H21ClN2O4S/c1-20-13-4-3-12(11-14(13)21-2)22(18,19)17-9-7-16(6-5-15)8-10-17/h3-4,11H,5-10H2,1-2H3. The maximum absolute atomic E-state index is 12.7. The van der Waals surface area contributed by atoms with Crippen molar-refractivity contribution in [1.82, 2.24) is 9.21 Å². The van der Waals surface area contributed by atoms with Crippen molar-refractivity contribution in [2.75, 3.05) is 52.8 Å². The van der Waals surface area contributed by atoms with Crippen LogP contribution in [-0.4, -0.2) is 70.4 Å². The Morgan fingerprint density at radius 2 is 1.73 bits per heavy atom. The molecule has 1 aromatic carbocycles. The van der Waals surface area contributed by atoms with E-state index < -0.39 is 10.0 Å². The van der Waals surface area contributed by atoms with E-state index in [1.165, 1.54) is 24.6 Å². The molecule has 0 saturated carbocycles. The number of nitrogens with zero attached hydrogens (tertiary/aromatic N) is 2. The SMILES string of the molecule is COc1ccc(S(=O)(=O)N2CCN(CCCl)CC2)cc1OC. The maximum Gasteiger partial charge on any atom is 0.243 e. The monoisotopic (exact) mass is 348 g/mol. The molecule has 0 unspecified atom stereocenters. The number of hydrogen-bond acceptors (Lipinski definition) is 5. The van der Waals surface area contributed by atoms with Gasteiger partial charge in [-0.15, -0.1) is 11.6 Å². The highest BCUT2D eigenvalue weighted by Gasteiger charge is 2.29. The molecule has 0 aromatic heterocycles. The molecule has 1 heterocycles. The summed E-state index contributed by atoms with van der Waals surface area (Å²) in [6, 6.07) is 4.65. The van der Waals surface area contributed by atoms with Crippen molar-refractivity contribution in [2.45, 2.75) is 4.90 Å². The van der Waals surface area contributed by atoms with Crippen molar-refractivity contribution < 1.29 is 17.9 Å². The smallest absolute Gasteiger partial charge is 0.243 e. The zero-order valence-electron chi connectivity index (χ0n) is 12.8. The third-order valence-electron chi connectivity index (χ3n) is 3.72. The average Bonchev–Trinajstić information content (AvgIpc) is 2.55. The topological polar surface area (TPSA) is 59.1 Å². The summed E-state index contributed by atoms with van der Waals surface area (Å²) in [7, 11) is -0.519. The first-order chi connectivity index (χ1) is 10.5. The lowest BCUT2D eigenvalue weighted by Gasteiger charge is -2.33. The van der Waals surface area contributed by atoms with Crippen LogP contribution >= 0.6 is 11.6 Å². The largest absolute Gasteiger partial charge is 0.493 e. The highest BCUT2D eigenvalue weighted by atomic mass is 35.5. The number of halogens is 1. The maximum atomic E-state index is 12.7. The van der Waals surface area contributed by atoms with E-state index in [1.54, 1.807) is 12.1 Å². The molecule has 8 heteroatoms. The fourth-order valence-corrected chi connectivity index (χ4v) is 4.12. The number of hydrogen-bond donors (Lipinski definition) is 0. The van der Waals surface area contributed by atoms with Crippen LogP contribution in [0.4, 0.5) is 0 Å². The first kappa shape index (κ1) is 17.3. The van der Waals surface area contributed by atoms with E-state index in [9.17, 15) is 8.42 Å². The van der Waals surface area contributed by atoms with E-state index in [0.717, 1.165) is 6.54 Å².